The standard InChI is InChI=1S/C62H83N19O32P6S6/c1-7-30-31(8-42(102-30)77-15-27(3)54(82)73-60(77)87)109-115(91,121)97-22-41-36(13-47(107-41)81-25-69-49-53(81)71-58(65)72-57(49)85)113-119(95,125)100-20-39-34(11-45(105-39)79-17-29(5)56(84)75-62(79)89)111-117(93,123)101-21-40-35(12-46(106-40)80-24-68-48-51(64)66-23-67-52(48)80)112-118(94,124)99-19-38-33(10-44(104-38)78-16-28(4)55(83)74-61(78)88)110-116(92,122)98-18-37-32(108-114(90,120)96-6)9-43(103-37)76-14-26(2)50(63)70-59(76)86/h14-17,23-25,30-47H,7-13,18-22H2,1-6H3,(H,90,120)(H,91,121)(H,92,122)(H,93,123)(H,94,124)(H,95,125)(H2,63,70,86)(H2,64,66,67)(H,73,82,87)(H,74,83,88)(H,75,84,89)(H3,65,71,72,85)/p-6/t30-,31?,32?,33?,34?,35?,36?,37-,38-,39-,40-,41-,42-,43-,44-,45-,46-,47-,114?,115?,116?,117?,118?,119?/m1/s1. The fourth-order valence-electron chi connectivity index (χ4n) is 14.4. The Morgan fingerprint density at radius 1 is 0.424 bits per heavy atom. The molecule has 24 atom stereocenters. The van der Waals surface area contributed by atoms with Crippen molar-refractivity contribution < 1.29 is 112 Å². The molecule has 10 N–H and O–H groups in total. The molecule has 0 saturated carbocycles. The van der Waals surface area contributed by atoms with Gasteiger partial charge in [0.25, 0.3) is 22.2 Å². The number of nitrogen functional groups attached to an aromatic ring is 3. The van der Waals surface area contributed by atoms with Crippen LogP contribution in [0.25, 0.3) is 22.3 Å². The topological polar surface area (TPSA) is 683 Å². The molecule has 0 radical (unpaired) electrons. The van der Waals surface area contributed by atoms with E-state index in [0.717, 1.165) is 44.1 Å². The number of nitrogens with one attached hydrogen (secondary N) is 4. The van der Waals surface area contributed by atoms with Gasteiger partial charge in [-0.05, 0) is 34.1 Å². The van der Waals surface area contributed by atoms with E-state index < -0.39 is 242 Å². The monoisotopic (exact) mass is 1980 g/mol. The lowest BCUT2D eigenvalue weighted by Gasteiger charge is -2.36. The van der Waals surface area contributed by atoms with Crippen LogP contribution in [-0.4, -0.2) is 191 Å². The van der Waals surface area contributed by atoms with E-state index in [9.17, 15) is 67.4 Å². The van der Waals surface area contributed by atoms with Crippen LogP contribution in [0, 0.1) is 27.7 Å². The van der Waals surface area contributed by atoms with Crippen molar-refractivity contribution in [2.45, 2.75) is 190 Å². The predicted octanol–water partition coefficient (Wildman–Crippen LogP) is -2.40. The van der Waals surface area contributed by atoms with Gasteiger partial charge in [-0.15, -0.1) is 0 Å². The largest absolute Gasteiger partial charge is 0.780 e. The molecule has 6 aliphatic heterocycles. The first-order chi connectivity index (χ1) is 58.8. The number of fused-ring (bicyclic) bond motifs is 2. The van der Waals surface area contributed by atoms with Crippen molar-refractivity contribution in [2.24, 2.45) is 0 Å². The summed E-state index contributed by atoms with van der Waals surface area (Å²) < 4.78 is 128. The number of H-pyrrole nitrogens is 4. The van der Waals surface area contributed by atoms with Crippen LogP contribution in [0.5, 0.6) is 0 Å². The van der Waals surface area contributed by atoms with Crippen LogP contribution in [0.4, 0.5) is 17.6 Å². The minimum absolute atomic E-state index is 0.0312. The molecule has 6 saturated heterocycles. The average Bonchev–Trinajstić information content (AvgIpc) is 1.62. The SMILES string of the molecule is CC[C@H]1O[C@@H](n2cc(C)c(=O)[nH]c2=O)CC1OP([O-])(=S)OC[C@H]1O[C@@H](n2cnc3c(=O)[nH]c(N)nc32)CC1OP(=O)([S-])OC[C@H]1O[C@@H](n2cc(C)c(=O)[nH]c2=O)CC1OP([O-])(=S)OC[C@H]1O[C@@H](n2cnc3c(N)ncnc32)CC1OP([O-])(=S)OC[C@H]1O[C@@H](n2cc(C)c(=O)[nH]c2=O)CC1OP([O-])(=S)OC[C@H]1O[C@@H](n2cc(C)c(N)nc2=O)CC1OP([O-])(=S)OC. The molecule has 0 amide bonds. The van der Waals surface area contributed by atoms with Crippen molar-refractivity contribution in [1.29, 1.82) is 0 Å². The average molecular weight is 1980 g/mol. The van der Waals surface area contributed by atoms with Crippen LogP contribution in [0.15, 0.2) is 82.1 Å². The molecule has 125 heavy (non-hydrogen) atoms. The van der Waals surface area contributed by atoms with Gasteiger partial charge in [0.15, 0.2) is 29.4 Å². The molecule has 14 rings (SSSR count). The quantitative estimate of drug-likeness (QED) is 0.0161. The Bertz CT molecular complexity index is 6260. The Labute approximate surface area is 733 Å². The Kier molecular flexibility index (Phi) is 29.1. The van der Waals surface area contributed by atoms with Gasteiger partial charge in [-0.1, -0.05) is 66.0 Å². The summed E-state index contributed by atoms with van der Waals surface area (Å²) in [5, 5.41) is 0. The second-order valence-corrected chi connectivity index (χ2v) is 45.4. The summed E-state index contributed by atoms with van der Waals surface area (Å²) in [4.78, 5) is 208. The van der Waals surface area contributed by atoms with E-state index >= 15 is 0 Å². The third kappa shape index (κ3) is 22.3. The van der Waals surface area contributed by atoms with Crippen LogP contribution in [0.2, 0.25) is 0 Å². The van der Waals surface area contributed by atoms with Crippen molar-refractivity contribution in [3.8, 4) is 0 Å². The molecule has 684 valence electrons. The van der Waals surface area contributed by atoms with Crippen molar-refractivity contribution in [3.63, 3.8) is 0 Å². The molecule has 0 aromatic carbocycles. The summed E-state index contributed by atoms with van der Waals surface area (Å²) in [6, 6.07) is 0. The minimum Gasteiger partial charge on any atom is -0.780 e. The number of ether oxygens (including phenoxy) is 6. The number of imidazole rings is 2. The number of aromatic nitrogens is 16. The maximum atomic E-state index is 14.9. The Balaban J connectivity index is 0.675. The molecule has 63 heteroatoms. The Morgan fingerprint density at radius 3 is 1.16 bits per heavy atom. The summed E-state index contributed by atoms with van der Waals surface area (Å²) in [5.74, 6) is -0.401. The van der Waals surface area contributed by atoms with E-state index in [-0.39, 0.29) is 88.7 Å². The molecule has 12 unspecified atom stereocenters. The number of aryl methyl sites for hydroxylation is 4. The van der Waals surface area contributed by atoms with Crippen molar-refractivity contribution in [1.82, 2.24) is 77.2 Å². The Hall–Kier alpha value is -5.87. The number of nitrogens with two attached hydrogens (primary N) is 3. The van der Waals surface area contributed by atoms with Gasteiger partial charge in [0, 0.05) is 92.7 Å². The molecular formula is C62H77N19O32P6S6-6. The first-order valence-corrected chi connectivity index (χ1v) is 52.8. The lowest BCUT2D eigenvalue weighted by Crippen LogP contribution is -2.34. The summed E-state index contributed by atoms with van der Waals surface area (Å²) in [6.07, 6.45) is -16.8. The number of rotatable bonds is 35. The second-order valence-electron chi connectivity index (χ2n) is 29.1. The maximum absolute atomic E-state index is 14.9. The lowest BCUT2D eigenvalue weighted by molar-refractivity contribution is -0.221. The maximum Gasteiger partial charge on any atom is 0.351 e. The van der Waals surface area contributed by atoms with Gasteiger partial charge >= 0.3 is 22.8 Å². The highest BCUT2D eigenvalue weighted by atomic mass is 32.7. The smallest absolute Gasteiger partial charge is 0.351 e. The first kappa shape index (κ1) is 95.2. The van der Waals surface area contributed by atoms with Gasteiger partial charge in [-0.25, -0.2) is 39.1 Å². The van der Waals surface area contributed by atoms with E-state index in [0.29, 0.717) is 5.56 Å². The van der Waals surface area contributed by atoms with Crippen molar-refractivity contribution in [2.75, 3.05) is 57.3 Å². The molecular weight excluding hydrogens is 1900 g/mol. The van der Waals surface area contributed by atoms with Crippen LogP contribution < -0.4 is 86.7 Å². The highest BCUT2D eigenvalue weighted by Crippen LogP contribution is 2.56. The fraction of sp³-hybridized carbons (Fsp3) is 0.581. The number of anilines is 3. The summed E-state index contributed by atoms with van der Waals surface area (Å²) >= 11 is 32.3. The number of aromatic amines is 4. The summed E-state index contributed by atoms with van der Waals surface area (Å²) in [7, 11) is 1.03. The van der Waals surface area contributed by atoms with Crippen LogP contribution in [0.1, 0.15) is 111 Å². The summed E-state index contributed by atoms with van der Waals surface area (Å²) in [5.41, 5.74) is 12.2. The van der Waals surface area contributed by atoms with E-state index in [1.165, 1.54) is 55.0 Å². The van der Waals surface area contributed by atoms with E-state index in [1.54, 1.807) is 13.8 Å². The molecule has 8 aromatic heterocycles. The number of nitrogens with zero attached hydrogens (tertiary/aromatic N) is 12. The third-order valence-electron chi connectivity index (χ3n) is 20.6. The molecule has 8 aromatic rings. The Morgan fingerprint density at radius 2 is 0.760 bits per heavy atom. The van der Waals surface area contributed by atoms with Gasteiger partial charge in [-0.2, -0.15) is 9.97 Å². The highest BCUT2D eigenvalue weighted by Gasteiger charge is 2.48. The molecule has 6 aliphatic rings. The van der Waals surface area contributed by atoms with Crippen molar-refractivity contribution in [3.05, 3.63) is 149 Å². The van der Waals surface area contributed by atoms with E-state index in [4.69, 9.17) is 171 Å². The van der Waals surface area contributed by atoms with Gasteiger partial charge in [0.2, 0.25) is 5.95 Å². The molecule has 51 nitrogen and oxygen atoms in total. The predicted molar refractivity (Wildman–Crippen MR) is 442 cm³/mol. The normalized spacial score (nSPS) is 29.4. The van der Waals surface area contributed by atoms with E-state index in [2.05, 4.69) is 49.8 Å². The van der Waals surface area contributed by atoms with Gasteiger partial charge in [0.1, 0.15) is 119 Å². The summed E-state index contributed by atoms with van der Waals surface area (Å²) in [6.45, 7) is -25.0. The molecule has 0 bridgehead atoms. The molecule has 6 fully saturated rings. The van der Waals surface area contributed by atoms with Crippen molar-refractivity contribution >= 4 is 152 Å². The van der Waals surface area contributed by atoms with Gasteiger partial charge in [-0.3, -0.25) is 71.1 Å². The van der Waals surface area contributed by atoms with Crippen LogP contribution in [-0.2, 0) is 159 Å². The van der Waals surface area contributed by atoms with Gasteiger partial charge in [0.05, 0.1) is 88.4 Å². The van der Waals surface area contributed by atoms with Crippen LogP contribution >= 0.6 is 40.4 Å². The third-order valence-corrected chi connectivity index (χ3v) is 30.1. The van der Waals surface area contributed by atoms with Gasteiger partial charge < -0.3 is 137 Å². The molecule has 0 aliphatic carbocycles. The van der Waals surface area contributed by atoms with E-state index in [1.807, 2.05) is 0 Å². The second kappa shape index (κ2) is 38.1. The number of hydrogen-bond donors (Lipinski definition) is 7. The fourth-order valence-corrected chi connectivity index (χ4v) is 22.7. The number of hydrogen-bond acceptors (Lipinski definition) is 47. The zero-order valence-corrected chi connectivity index (χ0v) is 76.0. The molecule has 0 spiro atoms. The minimum atomic E-state index is -4.99. The zero-order valence-electron chi connectivity index (χ0n) is 65.7. The lowest BCUT2D eigenvalue weighted by atomic mass is 10.1. The zero-order chi connectivity index (χ0) is 90.1. The highest BCUT2D eigenvalue weighted by molar-refractivity contribution is 8.32. The van der Waals surface area contributed by atoms with Crippen LogP contribution in [0.3, 0.4) is 0 Å². The molecule has 14 heterocycles. The first-order valence-electron chi connectivity index (χ1n) is 37.4.